The average molecular weight is 476 g/mol. The van der Waals surface area contributed by atoms with E-state index in [2.05, 4.69) is 11.3 Å². The van der Waals surface area contributed by atoms with Crippen LogP contribution in [0.1, 0.15) is 60.0 Å². The van der Waals surface area contributed by atoms with Gasteiger partial charge in [0.05, 0.1) is 4.90 Å². The number of nitrogens with zero attached hydrogens (tertiary/aromatic N) is 1. The van der Waals surface area contributed by atoms with Gasteiger partial charge in [0.2, 0.25) is 5.90 Å². The van der Waals surface area contributed by atoms with Crippen molar-refractivity contribution in [1.29, 1.82) is 0 Å². The van der Waals surface area contributed by atoms with Gasteiger partial charge >= 0.3 is 0 Å². The number of carbonyl (C=O) groups is 1. The van der Waals surface area contributed by atoms with E-state index in [4.69, 9.17) is 4.74 Å². The number of hydrogen-bond donors (Lipinski definition) is 0. The molecule has 176 valence electrons. The lowest BCUT2D eigenvalue weighted by molar-refractivity contribution is 0.0965. The monoisotopic (exact) mass is 475 g/mol. The van der Waals surface area contributed by atoms with E-state index < -0.39 is 10.0 Å². The zero-order valence-electron chi connectivity index (χ0n) is 19.5. The van der Waals surface area contributed by atoms with Crippen molar-refractivity contribution in [1.82, 2.24) is 0 Å². The predicted molar refractivity (Wildman–Crippen MR) is 134 cm³/mol. The minimum atomic E-state index is -3.96. The predicted octanol–water partition coefficient (Wildman–Crippen LogP) is 6.34. The largest absolute Gasteiger partial charge is 0.442 e. The van der Waals surface area contributed by atoms with Crippen LogP contribution in [0.15, 0.2) is 88.2 Å². The number of Topliss-reactive ketones (excluding diaryl/α,β-unsaturated/α-hetero) is 1. The Morgan fingerprint density at radius 2 is 1.59 bits per heavy atom. The second-order valence-electron chi connectivity index (χ2n) is 8.71. The number of aryl methyl sites for hydroxylation is 1. The first kappa shape index (κ1) is 23.9. The number of carbonyl (C=O) groups excluding carboxylic acids is 1. The molecule has 5 nitrogen and oxygen atoms in total. The van der Waals surface area contributed by atoms with Crippen LogP contribution < -0.4 is 4.74 Å². The van der Waals surface area contributed by atoms with Gasteiger partial charge in [0.1, 0.15) is 5.75 Å². The van der Waals surface area contributed by atoms with Crippen molar-refractivity contribution < 1.29 is 17.9 Å². The van der Waals surface area contributed by atoms with Gasteiger partial charge in [0.25, 0.3) is 10.0 Å². The fourth-order valence-corrected chi connectivity index (χ4v) is 5.36. The van der Waals surface area contributed by atoms with Gasteiger partial charge in [-0.2, -0.15) is 8.42 Å². The molecule has 6 heteroatoms. The molecule has 1 heterocycles. The fraction of sp³-hybridized carbons (Fsp3) is 0.286. The molecule has 34 heavy (non-hydrogen) atoms. The van der Waals surface area contributed by atoms with Crippen LogP contribution in [0.5, 0.6) is 5.75 Å². The first-order valence-electron chi connectivity index (χ1n) is 11.7. The Morgan fingerprint density at radius 1 is 0.912 bits per heavy atom. The van der Waals surface area contributed by atoms with E-state index in [1.165, 1.54) is 0 Å². The van der Waals surface area contributed by atoms with E-state index in [0.29, 0.717) is 17.7 Å². The lowest BCUT2D eigenvalue weighted by Crippen LogP contribution is -2.34. The molecule has 0 saturated heterocycles. The fourth-order valence-electron chi connectivity index (χ4n) is 4.37. The normalized spacial score (nSPS) is 18.8. The number of hydrogen-bond acceptors (Lipinski definition) is 4. The van der Waals surface area contributed by atoms with Crippen LogP contribution in [0.2, 0.25) is 0 Å². The Kier molecular flexibility index (Phi) is 7.27. The lowest BCUT2D eigenvalue weighted by Gasteiger charge is -2.34. The van der Waals surface area contributed by atoms with Crippen LogP contribution >= 0.6 is 0 Å². The first-order chi connectivity index (χ1) is 16.4. The van der Waals surface area contributed by atoms with E-state index in [0.717, 1.165) is 24.0 Å². The Balaban J connectivity index is 1.76. The molecule has 2 atom stereocenters. The third-order valence-electron chi connectivity index (χ3n) is 6.23. The van der Waals surface area contributed by atoms with Crippen LogP contribution in [0, 0.1) is 12.8 Å². The van der Waals surface area contributed by atoms with Gasteiger partial charge in [-0.15, -0.1) is 4.40 Å². The van der Waals surface area contributed by atoms with Gasteiger partial charge in [0, 0.05) is 23.8 Å². The highest BCUT2D eigenvalue weighted by molar-refractivity contribution is 7.90. The van der Waals surface area contributed by atoms with Gasteiger partial charge in [-0.05, 0) is 37.1 Å². The van der Waals surface area contributed by atoms with Gasteiger partial charge in [-0.3, -0.25) is 4.79 Å². The number of fused-ring (bicyclic) bond motifs is 1. The molecule has 0 saturated carbocycles. The van der Waals surface area contributed by atoms with Crippen LogP contribution in [0.3, 0.4) is 0 Å². The van der Waals surface area contributed by atoms with Gasteiger partial charge < -0.3 is 4.74 Å². The molecular formula is C28H29NO4S. The van der Waals surface area contributed by atoms with Gasteiger partial charge in [0.15, 0.2) is 5.78 Å². The number of sulfonamides is 1. The lowest BCUT2D eigenvalue weighted by atomic mass is 9.77. The molecule has 0 N–H and O–H groups in total. The summed E-state index contributed by atoms with van der Waals surface area (Å²) in [5.74, 6) is 0.195. The van der Waals surface area contributed by atoms with Crippen LogP contribution in [-0.4, -0.2) is 20.1 Å². The van der Waals surface area contributed by atoms with Gasteiger partial charge in [-0.25, -0.2) is 0 Å². The maximum atomic E-state index is 13.2. The molecular weight excluding hydrogens is 446 g/mol. The van der Waals surface area contributed by atoms with Crippen molar-refractivity contribution in [3.8, 4) is 5.75 Å². The smallest absolute Gasteiger partial charge is 0.285 e. The van der Waals surface area contributed by atoms with E-state index in [9.17, 15) is 13.2 Å². The Morgan fingerprint density at radius 3 is 2.29 bits per heavy atom. The molecule has 0 aliphatic carbocycles. The molecule has 4 rings (SSSR count). The molecule has 0 fully saturated rings. The number of benzene rings is 3. The van der Waals surface area contributed by atoms with Crippen LogP contribution in [0.25, 0.3) is 0 Å². The Labute approximate surface area is 201 Å². The molecule has 0 bridgehead atoms. The summed E-state index contributed by atoms with van der Waals surface area (Å²) in [6, 6.07) is 23.3. The Bertz CT molecular complexity index is 1280. The molecule has 1 aliphatic heterocycles. The molecule has 0 amide bonds. The van der Waals surface area contributed by atoms with E-state index >= 15 is 0 Å². The highest BCUT2D eigenvalue weighted by Crippen LogP contribution is 2.43. The number of rotatable bonds is 8. The minimum absolute atomic E-state index is 0.0181. The summed E-state index contributed by atoms with van der Waals surface area (Å²) in [5, 5.41) is 0. The van der Waals surface area contributed by atoms with Crippen molar-refractivity contribution in [2.75, 3.05) is 0 Å². The van der Waals surface area contributed by atoms with Crippen molar-refractivity contribution in [2.24, 2.45) is 10.3 Å². The highest BCUT2D eigenvalue weighted by atomic mass is 32.2. The highest BCUT2D eigenvalue weighted by Gasteiger charge is 2.38. The number of para-hydroxylation sites is 1. The number of ether oxygens (including phenoxy) is 1. The molecule has 3 aromatic rings. The first-order valence-corrected chi connectivity index (χ1v) is 13.1. The van der Waals surface area contributed by atoms with Gasteiger partial charge in [-0.1, -0.05) is 86.0 Å². The molecule has 0 aromatic heterocycles. The second kappa shape index (κ2) is 10.3. The summed E-state index contributed by atoms with van der Waals surface area (Å²) in [5.41, 5.74) is 2.53. The average Bonchev–Trinajstić information content (AvgIpc) is 2.84. The topological polar surface area (TPSA) is 72.8 Å². The maximum absolute atomic E-state index is 13.2. The Hall–Kier alpha value is -3.25. The molecule has 0 unspecified atom stereocenters. The van der Waals surface area contributed by atoms with E-state index in [1.54, 1.807) is 30.3 Å². The second-order valence-corrected chi connectivity index (χ2v) is 10.3. The summed E-state index contributed by atoms with van der Waals surface area (Å²) >= 11 is 0. The van der Waals surface area contributed by atoms with Crippen LogP contribution in [0.4, 0.5) is 0 Å². The van der Waals surface area contributed by atoms with E-state index in [1.807, 2.05) is 55.5 Å². The van der Waals surface area contributed by atoms with Crippen molar-refractivity contribution in [3.63, 3.8) is 0 Å². The molecule has 1 aliphatic rings. The molecule has 0 spiro atoms. The van der Waals surface area contributed by atoms with Crippen LogP contribution in [-0.2, 0) is 10.0 Å². The third-order valence-corrected chi connectivity index (χ3v) is 7.52. The minimum Gasteiger partial charge on any atom is -0.442 e. The summed E-state index contributed by atoms with van der Waals surface area (Å²) in [7, 11) is -3.96. The summed E-state index contributed by atoms with van der Waals surface area (Å²) in [6.45, 7) is 3.99. The van der Waals surface area contributed by atoms with Crippen molar-refractivity contribution in [3.05, 3.63) is 95.6 Å². The summed E-state index contributed by atoms with van der Waals surface area (Å²) in [4.78, 5) is 13.3. The molecule has 3 aromatic carbocycles. The van der Waals surface area contributed by atoms with Crippen molar-refractivity contribution in [2.45, 2.75) is 50.3 Å². The number of unbranched alkanes of at least 4 members (excludes halogenated alkanes) is 1. The zero-order chi connectivity index (χ0) is 24.1. The number of ketones is 1. The third kappa shape index (κ3) is 5.28. The zero-order valence-corrected chi connectivity index (χ0v) is 20.3. The molecule has 0 radical (unpaired) electrons. The summed E-state index contributed by atoms with van der Waals surface area (Å²) < 4.78 is 36.6. The summed E-state index contributed by atoms with van der Waals surface area (Å²) in [6.07, 6.45) is 2.74. The quantitative estimate of drug-likeness (QED) is 0.357. The SMILES string of the molecule is CCCC[C@@H]1/C(=N\S(=O)(=O)c2ccc(C)cc2)Oc2ccccc2[C@H]1CC(=O)c1ccccc1. The standard InChI is InChI=1S/C28H29NO4S/c1-3-4-12-24-25(19-26(30)21-10-6-5-7-11-21)23-13-8-9-14-27(23)33-28(24)29-34(31,32)22-17-15-20(2)16-18-22/h5-11,13-18,24-25H,3-4,12,19H2,1-2H3/b29-28+/t24-,25+/m0/s1. The van der Waals surface area contributed by atoms with Crippen molar-refractivity contribution >= 4 is 21.7 Å². The maximum Gasteiger partial charge on any atom is 0.285 e. The van der Waals surface area contributed by atoms with E-state index in [-0.39, 0.29) is 34.8 Å².